The van der Waals surface area contributed by atoms with E-state index in [0.717, 1.165) is 77.2 Å². The van der Waals surface area contributed by atoms with Gasteiger partial charge in [0.05, 0.1) is 0 Å². The Morgan fingerprint density at radius 3 is 1.33 bits per heavy atom. The number of hydrogen-bond acceptors (Lipinski definition) is 4. The second kappa shape index (κ2) is 15.9. The van der Waals surface area contributed by atoms with E-state index in [0.29, 0.717) is 17.5 Å². The number of furan rings is 1. The first-order chi connectivity index (χ1) is 33.2. The molecule has 0 saturated heterocycles. The van der Waals surface area contributed by atoms with Crippen LogP contribution in [0.5, 0.6) is 0 Å². The van der Waals surface area contributed by atoms with Crippen LogP contribution in [0.1, 0.15) is 0 Å². The molecular weight excluding hydrogens is 815 g/mol. The quantitative estimate of drug-likeness (QED) is 0.150. The molecule has 0 amide bonds. The molecule has 4 heteroatoms. The second-order valence-corrected chi connectivity index (χ2v) is 17.0. The van der Waals surface area contributed by atoms with Crippen LogP contribution in [0.25, 0.3) is 133 Å². The Bertz CT molecular complexity index is 3970. The van der Waals surface area contributed by atoms with Crippen molar-refractivity contribution in [3.05, 3.63) is 237 Å². The first-order valence-corrected chi connectivity index (χ1v) is 22.7. The summed E-state index contributed by atoms with van der Waals surface area (Å²) in [4.78, 5) is 16.0. The highest BCUT2D eigenvalue weighted by Gasteiger charge is 2.22. The number of nitrogens with zero attached hydrogens (tertiary/aromatic N) is 3. The Hall–Kier alpha value is -8.99. The van der Waals surface area contributed by atoms with Gasteiger partial charge < -0.3 is 4.42 Å². The molecule has 0 bridgehead atoms. The van der Waals surface area contributed by atoms with Crippen LogP contribution in [0.2, 0.25) is 0 Å². The van der Waals surface area contributed by atoms with Gasteiger partial charge in [0.2, 0.25) is 0 Å². The lowest BCUT2D eigenvalue weighted by atomic mass is 9.84. The molecule has 0 fully saturated rings. The van der Waals surface area contributed by atoms with E-state index >= 15 is 0 Å². The van der Waals surface area contributed by atoms with Gasteiger partial charge in [-0.3, -0.25) is 0 Å². The lowest BCUT2D eigenvalue weighted by Crippen LogP contribution is -2.02. The van der Waals surface area contributed by atoms with E-state index in [-0.39, 0.29) is 0 Å². The van der Waals surface area contributed by atoms with E-state index in [4.69, 9.17) is 19.4 Å². The molecule has 2 heterocycles. The molecule has 13 rings (SSSR count). The third-order valence-corrected chi connectivity index (χ3v) is 13.2. The first-order valence-electron chi connectivity index (χ1n) is 22.7. The molecule has 4 nitrogen and oxygen atoms in total. The number of rotatable bonds is 7. The maximum absolute atomic E-state index is 6.43. The minimum Gasteiger partial charge on any atom is -0.455 e. The summed E-state index contributed by atoms with van der Waals surface area (Å²) in [7, 11) is 0. The van der Waals surface area contributed by atoms with Crippen LogP contribution < -0.4 is 0 Å². The van der Waals surface area contributed by atoms with Crippen molar-refractivity contribution in [1.29, 1.82) is 0 Å². The van der Waals surface area contributed by atoms with Crippen molar-refractivity contribution in [3.63, 3.8) is 0 Å². The minimum atomic E-state index is 0.595. The molecule has 0 aliphatic heterocycles. The van der Waals surface area contributed by atoms with Crippen LogP contribution in [-0.4, -0.2) is 15.0 Å². The molecule has 0 aliphatic carbocycles. The molecule has 312 valence electrons. The van der Waals surface area contributed by atoms with E-state index in [2.05, 4.69) is 218 Å². The average Bonchev–Trinajstić information content (AvgIpc) is 3.79. The predicted octanol–water partition coefficient (Wildman–Crippen LogP) is 16.9. The van der Waals surface area contributed by atoms with Gasteiger partial charge in [0, 0.05) is 33.0 Å². The molecule has 0 atom stereocenters. The zero-order valence-corrected chi connectivity index (χ0v) is 36.3. The zero-order valence-electron chi connectivity index (χ0n) is 36.3. The summed E-state index contributed by atoms with van der Waals surface area (Å²) in [5.41, 5.74) is 13.6. The SMILES string of the molecule is c1ccc(-c2ccccc2-c2nc(-c3ccc(-c4cccc5c4oc4ccccc45)cc3)nc(-c3ccc(-c4c5ccccc5c(-c5ccccc5)c5ccccc45)c4ccccc34)n2)cc1. The highest BCUT2D eigenvalue weighted by atomic mass is 16.3. The van der Waals surface area contributed by atoms with Crippen molar-refractivity contribution in [2.24, 2.45) is 0 Å². The van der Waals surface area contributed by atoms with Crippen molar-refractivity contribution in [2.45, 2.75) is 0 Å². The fourth-order valence-corrected chi connectivity index (χ4v) is 10.1. The van der Waals surface area contributed by atoms with Gasteiger partial charge in [-0.1, -0.05) is 224 Å². The van der Waals surface area contributed by atoms with Gasteiger partial charge in [0.25, 0.3) is 0 Å². The van der Waals surface area contributed by atoms with Crippen LogP contribution in [0.3, 0.4) is 0 Å². The smallest absolute Gasteiger partial charge is 0.164 e. The van der Waals surface area contributed by atoms with Crippen LogP contribution in [0.15, 0.2) is 241 Å². The molecule has 2 aromatic heterocycles. The summed E-state index contributed by atoms with van der Waals surface area (Å²) in [6, 6.07) is 83.4. The number of benzene rings is 11. The summed E-state index contributed by atoms with van der Waals surface area (Å²) in [6.07, 6.45) is 0. The minimum absolute atomic E-state index is 0.595. The Morgan fingerprint density at radius 2 is 0.657 bits per heavy atom. The second-order valence-electron chi connectivity index (χ2n) is 17.0. The summed E-state index contributed by atoms with van der Waals surface area (Å²) in [6.45, 7) is 0. The number of hydrogen-bond donors (Lipinski definition) is 0. The Labute approximate surface area is 387 Å². The zero-order chi connectivity index (χ0) is 44.3. The van der Waals surface area contributed by atoms with Crippen molar-refractivity contribution < 1.29 is 4.42 Å². The van der Waals surface area contributed by atoms with E-state index in [1.807, 2.05) is 18.2 Å². The monoisotopic (exact) mass is 853 g/mol. The first kappa shape index (κ1) is 38.5. The topological polar surface area (TPSA) is 51.8 Å². The van der Waals surface area contributed by atoms with E-state index in [9.17, 15) is 0 Å². The molecule has 0 spiro atoms. The fraction of sp³-hybridized carbons (Fsp3) is 0. The Balaban J connectivity index is 1.01. The van der Waals surface area contributed by atoms with Crippen LogP contribution in [0.4, 0.5) is 0 Å². The molecule has 0 aliphatic rings. The van der Waals surface area contributed by atoms with Crippen molar-refractivity contribution >= 4 is 54.3 Å². The predicted molar refractivity (Wildman–Crippen MR) is 278 cm³/mol. The lowest BCUT2D eigenvalue weighted by molar-refractivity contribution is 0.670. The summed E-state index contributed by atoms with van der Waals surface area (Å²) in [5.74, 6) is 1.81. The molecule has 0 radical (unpaired) electrons. The molecule has 67 heavy (non-hydrogen) atoms. The number of aromatic nitrogens is 3. The Morgan fingerprint density at radius 1 is 0.224 bits per heavy atom. The van der Waals surface area contributed by atoms with E-state index in [1.165, 1.54) is 38.2 Å². The summed E-state index contributed by atoms with van der Waals surface area (Å²) in [5, 5.41) is 9.26. The van der Waals surface area contributed by atoms with Crippen molar-refractivity contribution in [3.8, 4) is 78.7 Å². The molecule has 13 aromatic rings. The Kier molecular flexibility index (Phi) is 9.14. The molecule has 11 aromatic carbocycles. The third kappa shape index (κ3) is 6.49. The van der Waals surface area contributed by atoms with E-state index < -0.39 is 0 Å². The highest BCUT2D eigenvalue weighted by molar-refractivity contribution is 6.24. The molecule has 0 N–H and O–H groups in total. The van der Waals surface area contributed by atoms with Gasteiger partial charge in [-0.15, -0.1) is 0 Å². The van der Waals surface area contributed by atoms with Crippen LogP contribution in [-0.2, 0) is 0 Å². The highest BCUT2D eigenvalue weighted by Crippen LogP contribution is 2.47. The van der Waals surface area contributed by atoms with Crippen molar-refractivity contribution in [2.75, 3.05) is 0 Å². The van der Waals surface area contributed by atoms with E-state index in [1.54, 1.807) is 0 Å². The number of para-hydroxylation sites is 2. The van der Waals surface area contributed by atoms with Gasteiger partial charge in [-0.25, -0.2) is 15.0 Å². The van der Waals surface area contributed by atoms with Crippen LogP contribution in [0, 0.1) is 0 Å². The maximum Gasteiger partial charge on any atom is 0.164 e. The largest absolute Gasteiger partial charge is 0.455 e. The average molecular weight is 854 g/mol. The molecule has 0 saturated carbocycles. The maximum atomic E-state index is 6.43. The normalized spacial score (nSPS) is 11.6. The molecule has 0 unspecified atom stereocenters. The summed E-state index contributed by atoms with van der Waals surface area (Å²) >= 11 is 0. The van der Waals surface area contributed by atoms with Gasteiger partial charge in [0.1, 0.15) is 11.2 Å². The van der Waals surface area contributed by atoms with Crippen LogP contribution >= 0.6 is 0 Å². The standard InChI is InChI=1S/C63H39N3O/c1-3-18-40(19-4-1)44-22-7-14-30-55(44)62-64-61(43-36-34-41(35-37-43)45-31-17-32-54-48-25-15-16-33-57(48)67-60(45)54)65-63(66-62)56-39-38-53(46-23-8-9-24-47(46)56)59-51-28-12-10-26-49(51)58(42-20-5-2-6-21-42)50-27-11-13-29-52(50)59/h1-39H. The van der Waals surface area contributed by atoms with Gasteiger partial charge in [0.15, 0.2) is 17.5 Å². The lowest BCUT2D eigenvalue weighted by Gasteiger charge is -2.19. The summed E-state index contributed by atoms with van der Waals surface area (Å²) < 4.78 is 6.43. The van der Waals surface area contributed by atoms with Gasteiger partial charge >= 0.3 is 0 Å². The fourth-order valence-electron chi connectivity index (χ4n) is 10.1. The third-order valence-electron chi connectivity index (χ3n) is 13.2. The molecular formula is C63H39N3O. The number of fused-ring (bicyclic) bond motifs is 6. The van der Waals surface area contributed by atoms with Gasteiger partial charge in [-0.2, -0.15) is 0 Å². The van der Waals surface area contributed by atoms with Crippen molar-refractivity contribution in [1.82, 2.24) is 15.0 Å². The van der Waals surface area contributed by atoms with Gasteiger partial charge in [-0.05, 0) is 83.4 Å².